The predicted octanol–water partition coefficient (Wildman–Crippen LogP) is 2.32. The number of hydrogen-bond acceptors (Lipinski definition) is 3. The smallest absolute Gasteiger partial charge is 0.132 e. The van der Waals surface area contributed by atoms with Crippen LogP contribution in [0.15, 0.2) is 36.4 Å². The number of fused-ring (bicyclic) bond motifs is 1. The first kappa shape index (κ1) is 11.2. The zero-order chi connectivity index (χ0) is 12.5. The van der Waals surface area contributed by atoms with Gasteiger partial charge in [0.2, 0.25) is 0 Å². The summed E-state index contributed by atoms with van der Waals surface area (Å²) in [6.07, 6.45) is 0.997. The second-order valence-electron chi connectivity index (χ2n) is 4.64. The highest BCUT2D eigenvalue weighted by Crippen LogP contribution is 2.37. The van der Waals surface area contributed by atoms with Gasteiger partial charge < -0.3 is 10.5 Å². The summed E-state index contributed by atoms with van der Waals surface area (Å²) in [7, 11) is 0. The van der Waals surface area contributed by atoms with E-state index < -0.39 is 0 Å². The van der Waals surface area contributed by atoms with Crippen molar-refractivity contribution in [3.05, 3.63) is 47.7 Å². The van der Waals surface area contributed by atoms with Crippen LogP contribution in [0.5, 0.6) is 5.75 Å². The van der Waals surface area contributed by atoms with Gasteiger partial charge in [-0.3, -0.25) is 4.98 Å². The van der Waals surface area contributed by atoms with Gasteiger partial charge in [0.15, 0.2) is 0 Å². The van der Waals surface area contributed by atoms with Gasteiger partial charge in [0.05, 0.1) is 5.69 Å². The Balaban J connectivity index is 2.08. The highest BCUT2D eigenvalue weighted by Gasteiger charge is 2.24. The molecule has 1 atom stereocenters. The largest absolute Gasteiger partial charge is 0.488 e. The van der Waals surface area contributed by atoms with Crippen molar-refractivity contribution in [2.45, 2.75) is 19.4 Å². The predicted molar refractivity (Wildman–Crippen MR) is 71.6 cm³/mol. The first-order valence-corrected chi connectivity index (χ1v) is 6.20. The number of benzene rings is 1. The zero-order valence-corrected chi connectivity index (χ0v) is 10.4. The van der Waals surface area contributed by atoms with Crippen molar-refractivity contribution in [3.8, 4) is 17.0 Å². The van der Waals surface area contributed by atoms with Crippen LogP contribution in [0.3, 0.4) is 0 Å². The Kier molecular flexibility index (Phi) is 2.76. The van der Waals surface area contributed by atoms with Crippen molar-refractivity contribution in [2.75, 3.05) is 6.54 Å². The maximum Gasteiger partial charge on any atom is 0.132 e. The Bertz CT molecular complexity index is 580. The van der Waals surface area contributed by atoms with Crippen molar-refractivity contribution in [3.63, 3.8) is 0 Å². The number of para-hydroxylation sites is 1. The summed E-state index contributed by atoms with van der Waals surface area (Å²) in [6, 6.07) is 12.2. The third-order valence-corrected chi connectivity index (χ3v) is 3.26. The highest BCUT2D eigenvalue weighted by atomic mass is 16.5. The molecule has 0 bridgehead atoms. The van der Waals surface area contributed by atoms with Gasteiger partial charge in [-0.1, -0.05) is 18.2 Å². The lowest BCUT2D eigenvalue weighted by atomic mass is 10.0. The maximum absolute atomic E-state index is 5.92. The number of aryl methyl sites for hydroxylation is 1. The Morgan fingerprint density at radius 1 is 1.28 bits per heavy atom. The van der Waals surface area contributed by atoms with Crippen LogP contribution in [0.25, 0.3) is 11.3 Å². The molecule has 1 aliphatic heterocycles. The molecule has 1 aromatic carbocycles. The fraction of sp³-hybridized carbons (Fsp3) is 0.267. The van der Waals surface area contributed by atoms with Crippen LogP contribution in [0, 0.1) is 6.92 Å². The van der Waals surface area contributed by atoms with E-state index in [2.05, 4.69) is 23.2 Å². The Morgan fingerprint density at radius 3 is 2.89 bits per heavy atom. The molecular weight excluding hydrogens is 224 g/mol. The molecule has 3 nitrogen and oxygen atoms in total. The Morgan fingerprint density at radius 2 is 2.11 bits per heavy atom. The molecule has 92 valence electrons. The summed E-state index contributed by atoms with van der Waals surface area (Å²) < 4.78 is 5.92. The number of aromatic nitrogens is 1. The minimum atomic E-state index is 0.103. The van der Waals surface area contributed by atoms with Crippen molar-refractivity contribution in [1.82, 2.24) is 4.98 Å². The lowest BCUT2D eigenvalue weighted by molar-refractivity contribution is 0.242. The molecular formula is C15H16N2O. The molecule has 1 aromatic heterocycles. The van der Waals surface area contributed by atoms with E-state index in [0.29, 0.717) is 6.54 Å². The third kappa shape index (κ3) is 1.87. The SMILES string of the molecule is Cc1cccc(-c2cccc3c2O[C@@H](CN)C3)n1. The second-order valence-corrected chi connectivity index (χ2v) is 4.64. The first-order valence-electron chi connectivity index (χ1n) is 6.20. The molecule has 0 saturated carbocycles. The van der Waals surface area contributed by atoms with Crippen LogP contribution < -0.4 is 10.5 Å². The number of ether oxygens (including phenoxy) is 1. The van der Waals surface area contributed by atoms with Gasteiger partial charge in [0.1, 0.15) is 11.9 Å². The topological polar surface area (TPSA) is 48.1 Å². The summed E-state index contributed by atoms with van der Waals surface area (Å²) >= 11 is 0. The lowest BCUT2D eigenvalue weighted by Gasteiger charge is -2.10. The molecule has 3 heteroatoms. The van der Waals surface area contributed by atoms with Crippen LogP contribution in [0.4, 0.5) is 0 Å². The number of pyridine rings is 1. The van der Waals surface area contributed by atoms with Gasteiger partial charge in [-0.2, -0.15) is 0 Å². The fourth-order valence-electron chi connectivity index (χ4n) is 2.36. The highest BCUT2D eigenvalue weighted by molar-refractivity contribution is 5.70. The molecule has 0 spiro atoms. The van der Waals surface area contributed by atoms with E-state index in [4.69, 9.17) is 10.5 Å². The monoisotopic (exact) mass is 240 g/mol. The van der Waals surface area contributed by atoms with E-state index >= 15 is 0 Å². The molecule has 0 amide bonds. The number of hydrogen-bond donors (Lipinski definition) is 1. The summed E-state index contributed by atoms with van der Waals surface area (Å²) in [6.45, 7) is 2.55. The minimum Gasteiger partial charge on any atom is -0.488 e. The molecule has 3 rings (SSSR count). The second kappa shape index (κ2) is 4.42. The fourth-order valence-corrected chi connectivity index (χ4v) is 2.36. The summed E-state index contributed by atoms with van der Waals surface area (Å²) in [4.78, 5) is 4.56. The average molecular weight is 240 g/mol. The van der Waals surface area contributed by atoms with Crippen LogP contribution in [0.1, 0.15) is 11.3 Å². The van der Waals surface area contributed by atoms with Crippen molar-refractivity contribution in [2.24, 2.45) is 5.73 Å². The summed E-state index contributed by atoms with van der Waals surface area (Å²) in [5.41, 5.74) is 9.95. The van der Waals surface area contributed by atoms with Gasteiger partial charge in [-0.05, 0) is 30.7 Å². The standard InChI is InChI=1S/C15H16N2O/c1-10-4-2-7-14(17-10)13-6-3-5-11-8-12(9-16)18-15(11)13/h2-7,12H,8-9,16H2,1H3/t12-/m1/s1. The molecule has 2 N–H and O–H groups in total. The molecule has 0 radical (unpaired) electrons. The van der Waals surface area contributed by atoms with Gasteiger partial charge in [-0.15, -0.1) is 0 Å². The summed E-state index contributed by atoms with van der Waals surface area (Å²) in [5.74, 6) is 0.950. The van der Waals surface area contributed by atoms with E-state index in [1.54, 1.807) is 0 Å². The van der Waals surface area contributed by atoms with Gasteiger partial charge in [0.25, 0.3) is 0 Å². The van der Waals surface area contributed by atoms with Crippen LogP contribution >= 0.6 is 0 Å². The Labute approximate surface area is 107 Å². The van der Waals surface area contributed by atoms with Crippen LogP contribution in [-0.2, 0) is 6.42 Å². The molecule has 0 unspecified atom stereocenters. The summed E-state index contributed by atoms with van der Waals surface area (Å²) in [5, 5.41) is 0. The molecule has 0 aliphatic carbocycles. The number of nitrogens with two attached hydrogens (primary N) is 1. The van der Waals surface area contributed by atoms with E-state index in [1.165, 1.54) is 5.56 Å². The van der Waals surface area contributed by atoms with E-state index in [9.17, 15) is 0 Å². The third-order valence-electron chi connectivity index (χ3n) is 3.26. The van der Waals surface area contributed by atoms with Gasteiger partial charge in [-0.25, -0.2) is 0 Å². The Hall–Kier alpha value is -1.87. The number of rotatable bonds is 2. The van der Waals surface area contributed by atoms with E-state index in [-0.39, 0.29) is 6.10 Å². The molecule has 2 aromatic rings. The molecule has 18 heavy (non-hydrogen) atoms. The molecule has 0 saturated heterocycles. The lowest BCUT2D eigenvalue weighted by Crippen LogP contribution is -2.24. The van der Waals surface area contributed by atoms with Crippen molar-refractivity contribution in [1.29, 1.82) is 0 Å². The van der Waals surface area contributed by atoms with Crippen molar-refractivity contribution >= 4 is 0 Å². The molecule has 1 aliphatic rings. The first-order chi connectivity index (χ1) is 8.78. The van der Waals surface area contributed by atoms with E-state index in [0.717, 1.165) is 29.1 Å². The van der Waals surface area contributed by atoms with Gasteiger partial charge in [0, 0.05) is 24.2 Å². The molecule has 0 fully saturated rings. The molecule has 2 heterocycles. The quantitative estimate of drug-likeness (QED) is 0.876. The maximum atomic E-state index is 5.92. The minimum absolute atomic E-state index is 0.103. The van der Waals surface area contributed by atoms with Crippen molar-refractivity contribution < 1.29 is 4.74 Å². The van der Waals surface area contributed by atoms with Gasteiger partial charge >= 0.3 is 0 Å². The zero-order valence-electron chi connectivity index (χ0n) is 10.4. The van der Waals surface area contributed by atoms with E-state index in [1.807, 2.05) is 25.1 Å². The van der Waals surface area contributed by atoms with Crippen LogP contribution in [-0.4, -0.2) is 17.6 Å². The van der Waals surface area contributed by atoms with Crippen LogP contribution in [0.2, 0.25) is 0 Å². The number of nitrogens with zero attached hydrogens (tertiary/aromatic N) is 1. The average Bonchev–Trinajstić information content (AvgIpc) is 2.81. The normalized spacial score (nSPS) is 17.3.